The summed E-state index contributed by atoms with van der Waals surface area (Å²) >= 11 is 0. The van der Waals surface area contributed by atoms with E-state index in [1.54, 1.807) is 0 Å². The molecule has 132 valence electrons. The normalized spacial score (nSPS) is 15.1. The monoisotopic (exact) mass is 336 g/mol. The van der Waals surface area contributed by atoms with Crippen LogP contribution in [0.5, 0.6) is 0 Å². The summed E-state index contributed by atoms with van der Waals surface area (Å²) < 4.78 is 0. The van der Waals surface area contributed by atoms with Gasteiger partial charge in [-0.25, -0.2) is 0 Å². The highest BCUT2D eigenvalue weighted by molar-refractivity contribution is 5.79. The number of hydrogen-bond acceptors (Lipinski definition) is 2. The van der Waals surface area contributed by atoms with Crippen molar-refractivity contribution >= 4 is 11.6 Å². The first-order valence-corrected chi connectivity index (χ1v) is 9.44. The Kier molecular flexibility index (Phi) is 6.49. The van der Waals surface area contributed by atoms with Crippen molar-refractivity contribution in [2.75, 3.05) is 24.5 Å². The van der Waals surface area contributed by atoms with Crippen LogP contribution >= 0.6 is 0 Å². The van der Waals surface area contributed by atoms with Crippen molar-refractivity contribution in [1.29, 1.82) is 0 Å². The number of rotatable bonds is 7. The molecule has 1 saturated heterocycles. The van der Waals surface area contributed by atoms with Gasteiger partial charge >= 0.3 is 0 Å². The van der Waals surface area contributed by atoms with Crippen LogP contribution in [0, 0.1) is 5.92 Å². The van der Waals surface area contributed by atoms with Crippen molar-refractivity contribution in [2.24, 2.45) is 5.92 Å². The zero-order chi connectivity index (χ0) is 17.3. The average Bonchev–Trinajstić information content (AvgIpc) is 2.69. The third-order valence-electron chi connectivity index (χ3n) is 5.02. The fourth-order valence-corrected chi connectivity index (χ4v) is 3.49. The van der Waals surface area contributed by atoms with E-state index in [0.717, 1.165) is 51.7 Å². The van der Waals surface area contributed by atoms with E-state index in [1.165, 1.54) is 11.3 Å². The van der Waals surface area contributed by atoms with E-state index in [-0.39, 0.29) is 11.8 Å². The number of amides is 1. The molecule has 0 atom stereocenters. The zero-order valence-electron chi connectivity index (χ0n) is 14.9. The molecule has 3 rings (SSSR count). The van der Waals surface area contributed by atoms with Crippen molar-refractivity contribution in [1.82, 2.24) is 5.32 Å². The van der Waals surface area contributed by atoms with E-state index in [4.69, 9.17) is 0 Å². The van der Waals surface area contributed by atoms with Gasteiger partial charge in [0.05, 0.1) is 0 Å². The zero-order valence-corrected chi connectivity index (χ0v) is 14.9. The number of unbranched alkanes of at least 4 members (excludes halogenated alkanes) is 1. The number of hydrogen-bond donors (Lipinski definition) is 1. The molecule has 0 bridgehead atoms. The van der Waals surface area contributed by atoms with E-state index in [2.05, 4.69) is 58.7 Å². The summed E-state index contributed by atoms with van der Waals surface area (Å²) in [5.41, 5.74) is 2.64. The summed E-state index contributed by atoms with van der Waals surface area (Å²) in [6, 6.07) is 21.0. The third kappa shape index (κ3) is 5.35. The van der Waals surface area contributed by atoms with Crippen LogP contribution in [-0.2, 0) is 11.2 Å². The van der Waals surface area contributed by atoms with Crippen LogP contribution in [0.4, 0.5) is 5.69 Å². The molecule has 1 aliphatic heterocycles. The van der Waals surface area contributed by atoms with Crippen molar-refractivity contribution in [3.05, 3.63) is 66.2 Å². The highest BCUT2D eigenvalue weighted by Crippen LogP contribution is 2.23. The Morgan fingerprint density at radius 2 is 1.56 bits per heavy atom. The molecular formula is C22H28N2O. The molecule has 3 nitrogen and oxygen atoms in total. The number of nitrogens with one attached hydrogen (secondary N) is 1. The lowest BCUT2D eigenvalue weighted by molar-refractivity contribution is -0.125. The van der Waals surface area contributed by atoms with E-state index in [0.29, 0.717) is 0 Å². The van der Waals surface area contributed by atoms with E-state index >= 15 is 0 Å². The van der Waals surface area contributed by atoms with Crippen LogP contribution in [0.25, 0.3) is 0 Å². The van der Waals surface area contributed by atoms with Crippen LogP contribution in [0.1, 0.15) is 31.2 Å². The van der Waals surface area contributed by atoms with Gasteiger partial charge in [0.1, 0.15) is 0 Å². The summed E-state index contributed by atoms with van der Waals surface area (Å²) in [5.74, 6) is 0.418. The largest absolute Gasteiger partial charge is 0.371 e. The molecule has 0 spiro atoms. The third-order valence-corrected chi connectivity index (χ3v) is 5.02. The topological polar surface area (TPSA) is 32.3 Å². The second-order valence-electron chi connectivity index (χ2n) is 6.83. The molecule has 0 radical (unpaired) electrons. The van der Waals surface area contributed by atoms with Gasteiger partial charge in [-0.05, 0) is 49.8 Å². The summed E-state index contributed by atoms with van der Waals surface area (Å²) in [7, 11) is 0. The predicted molar refractivity (Wildman–Crippen MR) is 104 cm³/mol. The highest BCUT2D eigenvalue weighted by Gasteiger charge is 2.24. The van der Waals surface area contributed by atoms with Gasteiger partial charge in [0.2, 0.25) is 5.91 Å². The van der Waals surface area contributed by atoms with Gasteiger partial charge in [0, 0.05) is 31.2 Å². The van der Waals surface area contributed by atoms with Crippen molar-refractivity contribution < 1.29 is 4.79 Å². The van der Waals surface area contributed by atoms with Crippen LogP contribution < -0.4 is 10.2 Å². The minimum Gasteiger partial charge on any atom is -0.371 e. The summed E-state index contributed by atoms with van der Waals surface area (Å²) in [4.78, 5) is 14.7. The van der Waals surface area contributed by atoms with Crippen molar-refractivity contribution in [3.63, 3.8) is 0 Å². The quantitative estimate of drug-likeness (QED) is 0.774. The van der Waals surface area contributed by atoms with Gasteiger partial charge in [0.15, 0.2) is 0 Å². The lowest BCUT2D eigenvalue weighted by atomic mass is 9.95. The molecule has 1 fully saturated rings. The SMILES string of the molecule is O=C(NCCCCc1ccccc1)C1CCN(c2ccccc2)CC1. The Morgan fingerprint density at radius 1 is 0.920 bits per heavy atom. The first-order chi connectivity index (χ1) is 12.3. The fourth-order valence-electron chi connectivity index (χ4n) is 3.49. The fraction of sp³-hybridized carbons (Fsp3) is 0.409. The van der Waals surface area contributed by atoms with Gasteiger partial charge in [-0.2, -0.15) is 0 Å². The molecule has 1 amide bonds. The molecule has 3 heteroatoms. The number of anilines is 1. The maximum absolute atomic E-state index is 12.3. The number of nitrogens with zero attached hydrogens (tertiary/aromatic N) is 1. The summed E-state index contributed by atoms with van der Waals surface area (Å²) in [5, 5.41) is 3.14. The smallest absolute Gasteiger partial charge is 0.223 e. The first-order valence-electron chi connectivity index (χ1n) is 9.44. The molecule has 0 aliphatic carbocycles. The van der Waals surface area contributed by atoms with Crippen LogP contribution in [-0.4, -0.2) is 25.5 Å². The molecule has 1 N–H and O–H groups in total. The number of carbonyl (C=O) groups is 1. The van der Waals surface area contributed by atoms with Gasteiger partial charge in [-0.15, -0.1) is 0 Å². The standard InChI is InChI=1S/C22H28N2O/c25-22(23-16-8-7-11-19-9-3-1-4-10-19)20-14-17-24(18-15-20)21-12-5-2-6-13-21/h1-6,9-10,12-13,20H,7-8,11,14-18H2,(H,23,25). The minimum absolute atomic E-state index is 0.175. The maximum atomic E-state index is 12.3. The molecule has 0 unspecified atom stereocenters. The lowest BCUT2D eigenvalue weighted by Gasteiger charge is -2.33. The maximum Gasteiger partial charge on any atom is 0.223 e. The van der Waals surface area contributed by atoms with Gasteiger partial charge in [0.25, 0.3) is 0 Å². The first kappa shape index (κ1) is 17.5. The molecule has 2 aromatic carbocycles. The van der Waals surface area contributed by atoms with Crippen LogP contribution in [0.3, 0.4) is 0 Å². The molecule has 25 heavy (non-hydrogen) atoms. The molecular weight excluding hydrogens is 308 g/mol. The Balaban J connectivity index is 1.31. The van der Waals surface area contributed by atoms with E-state index < -0.39 is 0 Å². The van der Waals surface area contributed by atoms with Gasteiger partial charge < -0.3 is 10.2 Å². The minimum atomic E-state index is 0.175. The van der Waals surface area contributed by atoms with E-state index in [1.807, 2.05) is 12.1 Å². The Hall–Kier alpha value is -2.29. The van der Waals surface area contributed by atoms with Gasteiger partial charge in [-0.3, -0.25) is 4.79 Å². The average molecular weight is 336 g/mol. The Bertz CT molecular complexity index is 634. The second kappa shape index (κ2) is 9.26. The number of carbonyl (C=O) groups excluding carboxylic acids is 1. The number of piperidine rings is 1. The highest BCUT2D eigenvalue weighted by atomic mass is 16.1. The Morgan fingerprint density at radius 3 is 2.24 bits per heavy atom. The van der Waals surface area contributed by atoms with Crippen molar-refractivity contribution in [3.8, 4) is 0 Å². The van der Waals surface area contributed by atoms with Crippen LogP contribution in [0.15, 0.2) is 60.7 Å². The lowest BCUT2D eigenvalue weighted by Crippen LogP contribution is -2.40. The van der Waals surface area contributed by atoms with Gasteiger partial charge in [-0.1, -0.05) is 48.5 Å². The van der Waals surface area contributed by atoms with E-state index in [9.17, 15) is 4.79 Å². The molecule has 1 aliphatic rings. The molecule has 0 saturated carbocycles. The molecule has 2 aromatic rings. The summed E-state index contributed by atoms with van der Waals surface area (Å²) in [6.45, 7) is 2.73. The number of aryl methyl sites for hydroxylation is 1. The molecule has 1 heterocycles. The Labute approximate surface area is 151 Å². The van der Waals surface area contributed by atoms with Crippen molar-refractivity contribution in [2.45, 2.75) is 32.1 Å². The molecule has 0 aromatic heterocycles. The van der Waals surface area contributed by atoms with Crippen LogP contribution in [0.2, 0.25) is 0 Å². The second-order valence-corrected chi connectivity index (χ2v) is 6.83. The number of benzene rings is 2. The predicted octanol–water partition coefficient (Wildman–Crippen LogP) is 4.04. The summed E-state index contributed by atoms with van der Waals surface area (Å²) in [6.07, 6.45) is 5.15. The number of para-hydroxylation sites is 1.